The lowest BCUT2D eigenvalue weighted by atomic mass is 10.3. The fraction of sp³-hybridized carbons (Fsp3) is 1.00. The second-order valence-corrected chi connectivity index (χ2v) is 3.16. The number of aliphatic hydroxyl groups excluding tert-OH is 2. The molecule has 0 aliphatic heterocycles. The van der Waals surface area contributed by atoms with Crippen LogP contribution in [0.5, 0.6) is 0 Å². The Morgan fingerprint density at radius 1 is 1.18 bits per heavy atom. The summed E-state index contributed by atoms with van der Waals surface area (Å²) in [4.78, 5) is 1.89. The van der Waals surface area contributed by atoms with Gasteiger partial charge in [-0.2, -0.15) is 12.6 Å². The molecule has 0 radical (unpaired) electrons. The average Bonchev–Trinajstić information content (AvgIpc) is 1.84. The van der Waals surface area contributed by atoms with Crippen LogP contribution >= 0.6 is 12.6 Å². The molecule has 0 rings (SSSR count). The first kappa shape index (κ1) is 11.2. The highest BCUT2D eigenvalue weighted by molar-refractivity contribution is 7.80. The highest BCUT2D eigenvalue weighted by Crippen LogP contribution is 1.96. The van der Waals surface area contributed by atoms with Gasteiger partial charge < -0.3 is 10.2 Å². The van der Waals surface area contributed by atoms with Gasteiger partial charge in [0.1, 0.15) is 0 Å². The lowest BCUT2D eigenvalue weighted by Gasteiger charge is -2.22. The first-order valence-corrected chi connectivity index (χ1v) is 4.38. The van der Waals surface area contributed by atoms with Crippen molar-refractivity contribution in [3.63, 3.8) is 0 Å². The summed E-state index contributed by atoms with van der Waals surface area (Å²) in [6.45, 7) is 4.57. The molecule has 0 saturated carbocycles. The van der Waals surface area contributed by atoms with Gasteiger partial charge in [0, 0.05) is 19.0 Å². The van der Waals surface area contributed by atoms with Crippen molar-refractivity contribution in [3.8, 4) is 0 Å². The Balaban J connectivity index is 3.58. The van der Waals surface area contributed by atoms with Crippen LogP contribution in [0, 0.1) is 0 Å². The van der Waals surface area contributed by atoms with Crippen LogP contribution in [-0.2, 0) is 0 Å². The van der Waals surface area contributed by atoms with Gasteiger partial charge in [0.15, 0.2) is 0 Å². The monoisotopic (exact) mass is 179 g/mol. The Morgan fingerprint density at radius 2 is 1.55 bits per heavy atom. The molecule has 2 N–H and O–H groups in total. The first-order valence-electron chi connectivity index (χ1n) is 3.75. The van der Waals surface area contributed by atoms with E-state index in [0.717, 1.165) is 0 Å². The molecule has 0 aliphatic carbocycles. The van der Waals surface area contributed by atoms with Crippen molar-refractivity contribution in [1.82, 2.24) is 4.90 Å². The van der Waals surface area contributed by atoms with Crippen molar-refractivity contribution in [2.75, 3.05) is 19.0 Å². The minimum atomic E-state index is -0.360. The summed E-state index contributed by atoms with van der Waals surface area (Å²) in [5.41, 5.74) is 0. The molecule has 0 heterocycles. The molecule has 0 aromatic carbocycles. The minimum absolute atomic E-state index is 0.360. The van der Waals surface area contributed by atoms with Gasteiger partial charge in [-0.3, -0.25) is 4.90 Å². The van der Waals surface area contributed by atoms with E-state index in [-0.39, 0.29) is 12.2 Å². The molecule has 0 amide bonds. The maximum absolute atomic E-state index is 9.01. The van der Waals surface area contributed by atoms with E-state index in [9.17, 15) is 0 Å². The van der Waals surface area contributed by atoms with Crippen LogP contribution in [0.4, 0.5) is 0 Å². The second-order valence-electron chi connectivity index (χ2n) is 2.88. The van der Waals surface area contributed by atoms with Crippen molar-refractivity contribution < 1.29 is 10.2 Å². The number of rotatable bonds is 5. The normalized spacial score (nSPS) is 16.9. The Kier molecular flexibility index (Phi) is 5.95. The van der Waals surface area contributed by atoms with E-state index in [1.807, 2.05) is 4.90 Å². The summed E-state index contributed by atoms with van der Waals surface area (Å²) in [6, 6.07) is 0. The Hall–Kier alpha value is 0.230. The Labute approximate surface area is 73.4 Å². The molecule has 0 spiro atoms. The van der Waals surface area contributed by atoms with Crippen molar-refractivity contribution in [3.05, 3.63) is 0 Å². The Morgan fingerprint density at radius 3 is 1.73 bits per heavy atom. The van der Waals surface area contributed by atoms with Crippen LogP contribution in [0.1, 0.15) is 13.8 Å². The maximum atomic E-state index is 9.01. The molecule has 2 atom stereocenters. The van der Waals surface area contributed by atoms with Gasteiger partial charge in [-0.25, -0.2) is 0 Å². The van der Waals surface area contributed by atoms with Gasteiger partial charge in [-0.05, 0) is 13.8 Å². The van der Waals surface area contributed by atoms with Crippen molar-refractivity contribution in [1.29, 1.82) is 0 Å². The molecule has 2 unspecified atom stereocenters. The topological polar surface area (TPSA) is 43.7 Å². The van der Waals surface area contributed by atoms with Crippen molar-refractivity contribution >= 4 is 12.6 Å². The molecule has 0 saturated heterocycles. The van der Waals surface area contributed by atoms with Gasteiger partial charge >= 0.3 is 0 Å². The molecular formula is C7H17NO2S. The third kappa shape index (κ3) is 6.62. The SMILES string of the molecule is CC(O)CN(CS)CC(C)O. The molecule has 0 aromatic heterocycles. The highest BCUT2D eigenvalue weighted by atomic mass is 32.1. The smallest absolute Gasteiger partial charge is 0.0639 e. The second kappa shape index (κ2) is 5.83. The summed E-state index contributed by atoms with van der Waals surface area (Å²) < 4.78 is 0. The molecule has 0 aliphatic rings. The van der Waals surface area contributed by atoms with E-state index in [1.165, 1.54) is 0 Å². The van der Waals surface area contributed by atoms with Gasteiger partial charge in [0.2, 0.25) is 0 Å². The van der Waals surface area contributed by atoms with E-state index in [1.54, 1.807) is 13.8 Å². The maximum Gasteiger partial charge on any atom is 0.0639 e. The molecule has 0 aromatic rings. The minimum Gasteiger partial charge on any atom is -0.392 e. The van der Waals surface area contributed by atoms with Gasteiger partial charge in [-0.15, -0.1) is 0 Å². The Bertz CT molecular complexity index is 88.4. The van der Waals surface area contributed by atoms with Gasteiger partial charge in [-0.1, -0.05) is 0 Å². The quantitative estimate of drug-likeness (QED) is 0.409. The molecule has 0 fully saturated rings. The molecule has 68 valence electrons. The van der Waals surface area contributed by atoms with Crippen LogP contribution in [0.3, 0.4) is 0 Å². The summed E-state index contributed by atoms with van der Waals surface area (Å²) >= 11 is 4.07. The van der Waals surface area contributed by atoms with E-state index in [4.69, 9.17) is 10.2 Å². The van der Waals surface area contributed by atoms with Crippen LogP contribution in [0.2, 0.25) is 0 Å². The fourth-order valence-corrected chi connectivity index (χ4v) is 1.17. The van der Waals surface area contributed by atoms with E-state index in [0.29, 0.717) is 19.0 Å². The van der Waals surface area contributed by atoms with E-state index in [2.05, 4.69) is 12.6 Å². The lowest BCUT2D eigenvalue weighted by molar-refractivity contribution is 0.0957. The van der Waals surface area contributed by atoms with E-state index < -0.39 is 0 Å². The van der Waals surface area contributed by atoms with Crippen LogP contribution < -0.4 is 0 Å². The number of hydrogen-bond acceptors (Lipinski definition) is 4. The third-order valence-electron chi connectivity index (χ3n) is 1.24. The zero-order valence-electron chi connectivity index (χ0n) is 7.06. The number of aliphatic hydroxyl groups is 2. The summed E-state index contributed by atoms with van der Waals surface area (Å²) in [6.07, 6.45) is -0.721. The standard InChI is InChI=1S/C7H17NO2S/c1-6(9)3-8(5-11)4-7(2)10/h6-7,9-11H,3-5H2,1-2H3. The fourth-order valence-electron chi connectivity index (χ4n) is 0.937. The van der Waals surface area contributed by atoms with Crippen LogP contribution in [-0.4, -0.2) is 46.3 Å². The first-order chi connectivity index (χ1) is 5.06. The summed E-state index contributed by atoms with van der Waals surface area (Å²) in [5.74, 6) is 0.565. The highest BCUT2D eigenvalue weighted by Gasteiger charge is 2.08. The number of thiol groups is 1. The molecular weight excluding hydrogens is 162 g/mol. The molecule has 4 heteroatoms. The van der Waals surface area contributed by atoms with E-state index >= 15 is 0 Å². The average molecular weight is 179 g/mol. The predicted octanol–water partition coefficient (Wildman–Crippen LogP) is -0.0627. The third-order valence-corrected chi connectivity index (χ3v) is 1.64. The zero-order chi connectivity index (χ0) is 8.85. The van der Waals surface area contributed by atoms with Gasteiger partial charge in [0.05, 0.1) is 12.2 Å². The van der Waals surface area contributed by atoms with Crippen molar-refractivity contribution in [2.24, 2.45) is 0 Å². The van der Waals surface area contributed by atoms with Crippen LogP contribution in [0.15, 0.2) is 0 Å². The number of hydrogen-bond donors (Lipinski definition) is 3. The molecule has 11 heavy (non-hydrogen) atoms. The van der Waals surface area contributed by atoms with Crippen LogP contribution in [0.25, 0.3) is 0 Å². The zero-order valence-corrected chi connectivity index (χ0v) is 7.96. The van der Waals surface area contributed by atoms with Crippen molar-refractivity contribution in [2.45, 2.75) is 26.1 Å². The lowest BCUT2D eigenvalue weighted by Crippen LogP contribution is -2.35. The predicted molar refractivity (Wildman–Crippen MR) is 48.8 cm³/mol. The molecule has 3 nitrogen and oxygen atoms in total. The number of nitrogens with zero attached hydrogens (tertiary/aromatic N) is 1. The largest absolute Gasteiger partial charge is 0.392 e. The summed E-state index contributed by atoms with van der Waals surface area (Å²) in [7, 11) is 0. The molecule has 0 bridgehead atoms. The van der Waals surface area contributed by atoms with Gasteiger partial charge in [0.25, 0.3) is 0 Å². The summed E-state index contributed by atoms with van der Waals surface area (Å²) in [5, 5.41) is 18.0.